The first-order valence-corrected chi connectivity index (χ1v) is 5.38. The molecule has 2 aromatic rings. The topological polar surface area (TPSA) is 9.23 Å². The van der Waals surface area contributed by atoms with Gasteiger partial charge in [-0.2, -0.15) is 0 Å². The molecule has 0 spiro atoms. The van der Waals surface area contributed by atoms with E-state index in [4.69, 9.17) is 4.74 Å². The summed E-state index contributed by atoms with van der Waals surface area (Å²) in [6.45, 7) is 0.287. The first-order valence-electron chi connectivity index (χ1n) is 4.58. The van der Waals surface area contributed by atoms with Crippen LogP contribution in [0.25, 0.3) is 10.8 Å². The van der Waals surface area contributed by atoms with Crippen molar-refractivity contribution in [1.82, 2.24) is 0 Å². The van der Waals surface area contributed by atoms with Gasteiger partial charge in [0.05, 0.1) is 6.61 Å². The van der Waals surface area contributed by atoms with Crippen LogP contribution in [-0.4, -0.2) is 7.11 Å². The van der Waals surface area contributed by atoms with Gasteiger partial charge in [-0.3, -0.25) is 0 Å². The number of hydrogen-bond acceptors (Lipinski definition) is 1. The van der Waals surface area contributed by atoms with E-state index >= 15 is 0 Å². The second-order valence-electron chi connectivity index (χ2n) is 3.31. The van der Waals surface area contributed by atoms with E-state index in [0.29, 0.717) is 10.9 Å². The number of rotatable bonds is 2. The fourth-order valence-corrected chi connectivity index (χ4v) is 2.23. The van der Waals surface area contributed by atoms with Gasteiger partial charge in [-0.1, -0.05) is 40.2 Å². The summed E-state index contributed by atoms with van der Waals surface area (Å²) in [7, 11) is 1.56. The Hall–Kier alpha value is -0.930. The van der Waals surface area contributed by atoms with E-state index in [1.54, 1.807) is 19.2 Å². The molecule has 1 nitrogen and oxygen atoms in total. The number of hydrogen-bond donors (Lipinski definition) is 0. The average molecular weight is 269 g/mol. The zero-order valence-corrected chi connectivity index (χ0v) is 9.84. The smallest absolute Gasteiger partial charge is 0.136 e. The Bertz CT molecular complexity index is 496. The highest BCUT2D eigenvalue weighted by atomic mass is 79.9. The van der Waals surface area contributed by atoms with Gasteiger partial charge in [0.15, 0.2) is 0 Å². The van der Waals surface area contributed by atoms with Gasteiger partial charge in [-0.15, -0.1) is 0 Å². The molecular formula is C12H10BrFO. The van der Waals surface area contributed by atoms with Crippen LogP contribution in [-0.2, 0) is 11.3 Å². The van der Waals surface area contributed by atoms with E-state index in [1.807, 2.05) is 18.2 Å². The summed E-state index contributed by atoms with van der Waals surface area (Å²) in [6, 6.07) is 9.14. The second-order valence-corrected chi connectivity index (χ2v) is 4.16. The molecule has 0 saturated heterocycles. The molecule has 0 aliphatic heterocycles. The maximum atomic E-state index is 13.9. The molecule has 0 aliphatic rings. The number of methoxy groups -OCH3 is 1. The Morgan fingerprint density at radius 1 is 1.27 bits per heavy atom. The number of fused-ring (bicyclic) bond motifs is 1. The van der Waals surface area contributed by atoms with Gasteiger partial charge >= 0.3 is 0 Å². The summed E-state index contributed by atoms with van der Waals surface area (Å²) >= 11 is 3.43. The van der Waals surface area contributed by atoms with E-state index < -0.39 is 0 Å². The van der Waals surface area contributed by atoms with Crippen molar-refractivity contribution in [3.8, 4) is 0 Å². The average Bonchev–Trinajstić information content (AvgIpc) is 2.26. The van der Waals surface area contributed by atoms with Gasteiger partial charge < -0.3 is 4.74 Å². The fourth-order valence-electron chi connectivity index (χ4n) is 1.61. The molecule has 78 valence electrons. The highest BCUT2D eigenvalue weighted by Crippen LogP contribution is 2.29. The van der Waals surface area contributed by atoms with Crippen LogP contribution in [0.15, 0.2) is 34.8 Å². The zero-order chi connectivity index (χ0) is 10.8. The number of ether oxygens (including phenoxy) is 1. The lowest BCUT2D eigenvalue weighted by atomic mass is 10.1. The monoisotopic (exact) mass is 268 g/mol. The van der Waals surface area contributed by atoms with Gasteiger partial charge in [0.1, 0.15) is 5.82 Å². The molecule has 0 aliphatic carbocycles. The van der Waals surface area contributed by atoms with Crippen LogP contribution in [0.5, 0.6) is 0 Å². The van der Waals surface area contributed by atoms with Gasteiger partial charge in [-0.05, 0) is 11.5 Å². The van der Waals surface area contributed by atoms with Gasteiger partial charge in [-0.25, -0.2) is 4.39 Å². The minimum absolute atomic E-state index is 0.198. The van der Waals surface area contributed by atoms with Crippen molar-refractivity contribution in [2.24, 2.45) is 0 Å². The predicted octanol–water partition coefficient (Wildman–Crippen LogP) is 3.89. The van der Waals surface area contributed by atoms with E-state index in [-0.39, 0.29) is 12.4 Å². The van der Waals surface area contributed by atoms with E-state index in [9.17, 15) is 4.39 Å². The highest BCUT2D eigenvalue weighted by Gasteiger charge is 2.09. The molecule has 0 bridgehead atoms. The molecule has 0 heterocycles. The van der Waals surface area contributed by atoms with Crippen molar-refractivity contribution in [3.63, 3.8) is 0 Å². The summed E-state index contributed by atoms with van der Waals surface area (Å²) in [6.07, 6.45) is 0. The van der Waals surface area contributed by atoms with Crippen LogP contribution in [0.3, 0.4) is 0 Å². The Labute approximate surface area is 96.0 Å². The molecule has 0 saturated carbocycles. The molecule has 0 atom stereocenters. The molecule has 0 amide bonds. The lowest BCUT2D eigenvalue weighted by Crippen LogP contribution is -1.94. The second kappa shape index (κ2) is 4.29. The first-order chi connectivity index (χ1) is 7.24. The third-order valence-corrected chi connectivity index (χ3v) is 2.96. The van der Waals surface area contributed by atoms with Crippen LogP contribution in [0.2, 0.25) is 0 Å². The van der Waals surface area contributed by atoms with Gasteiger partial charge in [0.25, 0.3) is 0 Å². The normalized spacial score (nSPS) is 10.9. The highest BCUT2D eigenvalue weighted by molar-refractivity contribution is 9.10. The predicted molar refractivity (Wildman–Crippen MR) is 62.3 cm³/mol. The van der Waals surface area contributed by atoms with Crippen LogP contribution in [0.4, 0.5) is 4.39 Å². The fraction of sp³-hybridized carbons (Fsp3) is 0.167. The Morgan fingerprint density at radius 2 is 1.93 bits per heavy atom. The van der Waals surface area contributed by atoms with Crippen LogP contribution in [0.1, 0.15) is 5.56 Å². The minimum atomic E-state index is -0.198. The molecule has 2 aromatic carbocycles. The molecule has 0 N–H and O–H groups in total. The maximum absolute atomic E-state index is 13.9. The summed E-state index contributed by atoms with van der Waals surface area (Å²) < 4.78 is 19.8. The number of benzene rings is 2. The number of halogens is 2. The molecule has 0 radical (unpaired) electrons. The third-order valence-electron chi connectivity index (χ3n) is 2.30. The summed E-state index contributed by atoms with van der Waals surface area (Å²) in [5.74, 6) is -0.198. The quantitative estimate of drug-likeness (QED) is 0.803. The summed E-state index contributed by atoms with van der Waals surface area (Å²) in [5.41, 5.74) is 0.572. The zero-order valence-electron chi connectivity index (χ0n) is 8.26. The van der Waals surface area contributed by atoms with Gasteiger partial charge in [0, 0.05) is 22.5 Å². The third kappa shape index (κ3) is 1.90. The van der Waals surface area contributed by atoms with Crippen molar-refractivity contribution in [2.75, 3.05) is 7.11 Å². The molecule has 15 heavy (non-hydrogen) atoms. The van der Waals surface area contributed by atoms with Crippen molar-refractivity contribution in [1.29, 1.82) is 0 Å². The maximum Gasteiger partial charge on any atom is 0.136 e. The first kappa shape index (κ1) is 10.6. The summed E-state index contributed by atoms with van der Waals surface area (Å²) in [5, 5.41) is 1.51. The molecule has 0 unspecified atom stereocenters. The summed E-state index contributed by atoms with van der Waals surface area (Å²) in [4.78, 5) is 0. The largest absolute Gasteiger partial charge is 0.380 e. The Kier molecular flexibility index (Phi) is 3.03. The standard InChI is InChI=1S/C12H10BrFO/c1-15-7-8-6-11(13)9-4-2-3-5-10(9)12(8)14/h2-6H,7H2,1H3. The van der Waals surface area contributed by atoms with E-state index in [1.165, 1.54) is 0 Å². The van der Waals surface area contributed by atoms with Crippen molar-refractivity contribution < 1.29 is 9.13 Å². The van der Waals surface area contributed by atoms with Crippen molar-refractivity contribution in [3.05, 3.63) is 46.2 Å². The Morgan fingerprint density at radius 3 is 2.60 bits per heavy atom. The van der Waals surface area contributed by atoms with Crippen LogP contribution >= 0.6 is 15.9 Å². The van der Waals surface area contributed by atoms with E-state index in [2.05, 4.69) is 15.9 Å². The van der Waals surface area contributed by atoms with Crippen LogP contribution < -0.4 is 0 Å². The minimum Gasteiger partial charge on any atom is -0.380 e. The van der Waals surface area contributed by atoms with Crippen LogP contribution in [0, 0.1) is 5.82 Å². The lowest BCUT2D eigenvalue weighted by Gasteiger charge is -2.07. The van der Waals surface area contributed by atoms with Crippen molar-refractivity contribution >= 4 is 26.7 Å². The molecule has 0 fully saturated rings. The molecule has 3 heteroatoms. The Balaban J connectivity index is 2.72. The SMILES string of the molecule is COCc1cc(Br)c2ccccc2c1F. The molecular weight excluding hydrogens is 259 g/mol. The molecule has 2 rings (SSSR count). The van der Waals surface area contributed by atoms with Crippen molar-refractivity contribution in [2.45, 2.75) is 6.61 Å². The van der Waals surface area contributed by atoms with E-state index in [0.717, 1.165) is 9.86 Å². The van der Waals surface area contributed by atoms with Gasteiger partial charge in [0.2, 0.25) is 0 Å². The lowest BCUT2D eigenvalue weighted by molar-refractivity contribution is 0.181. The molecule has 0 aromatic heterocycles.